The van der Waals surface area contributed by atoms with Gasteiger partial charge in [-0.25, -0.2) is 0 Å². The molecular weight excluding hydrogens is 184 g/mol. The van der Waals surface area contributed by atoms with Gasteiger partial charge in [0.1, 0.15) is 0 Å². The van der Waals surface area contributed by atoms with Crippen molar-refractivity contribution in [2.45, 2.75) is 26.3 Å². The van der Waals surface area contributed by atoms with Crippen LogP contribution in [0, 0.1) is 0 Å². The predicted octanol–water partition coefficient (Wildman–Crippen LogP) is 1.48. The van der Waals surface area contributed by atoms with Crippen LogP contribution in [-0.2, 0) is 19.4 Å². The molecule has 1 aliphatic rings. The Bertz CT molecular complexity index is 320. The molecule has 0 saturated carbocycles. The average molecular weight is 204 g/mol. The molecule has 2 rings (SSSR count). The molecule has 0 atom stereocenters. The van der Waals surface area contributed by atoms with Crippen LogP contribution in [0.3, 0.4) is 0 Å². The van der Waals surface area contributed by atoms with Crippen molar-refractivity contribution in [3.8, 4) is 0 Å². The van der Waals surface area contributed by atoms with Gasteiger partial charge < -0.3 is 10.6 Å². The van der Waals surface area contributed by atoms with E-state index in [2.05, 4.69) is 35.8 Å². The van der Waals surface area contributed by atoms with E-state index < -0.39 is 0 Å². The Morgan fingerprint density at radius 3 is 3.13 bits per heavy atom. The number of likely N-dealkylation sites (N-methyl/N-ethyl adjacent to an activating group) is 1. The Labute approximate surface area is 92.1 Å². The normalized spacial score (nSPS) is 15.0. The SMILES string of the molecule is CCNCCc1ccc2c(c1)CNCC2. The first kappa shape index (κ1) is 10.7. The maximum absolute atomic E-state index is 3.42. The van der Waals surface area contributed by atoms with Gasteiger partial charge in [-0.3, -0.25) is 0 Å². The molecule has 15 heavy (non-hydrogen) atoms. The zero-order valence-electron chi connectivity index (χ0n) is 9.47. The lowest BCUT2D eigenvalue weighted by molar-refractivity contribution is 0.641. The summed E-state index contributed by atoms with van der Waals surface area (Å²) in [4.78, 5) is 0. The lowest BCUT2D eigenvalue weighted by atomic mass is 9.97. The number of nitrogens with one attached hydrogen (secondary N) is 2. The molecule has 0 amide bonds. The van der Waals surface area contributed by atoms with Crippen molar-refractivity contribution < 1.29 is 0 Å². The molecule has 2 nitrogen and oxygen atoms in total. The van der Waals surface area contributed by atoms with E-state index in [0.29, 0.717) is 0 Å². The molecule has 0 bridgehead atoms. The molecule has 0 saturated heterocycles. The highest BCUT2D eigenvalue weighted by atomic mass is 14.9. The summed E-state index contributed by atoms with van der Waals surface area (Å²) in [6.45, 7) is 6.47. The fourth-order valence-electron chi connectivity index (χ4n) is 2.10. The fourth-order valence-corrected chi connectivity index (χ4v) is 2.10. The van der Waals surface area contributed by atoms with Crippen molar-refractivity contribution >= 4 is 0 Å². The Kier molecular flexibility index (Phi) is 3.75. The molecule has 2 heteroatoms. The predicted molar refractivity (Wildman–Crippen MR) is 64.1 cm³/mol. The summed E-state index contributed by atoms with van der Waals surface area (Å²) in [5.41, 5.74) is 4.48. The van der Waals surface area contributed by atoms with Gasteiger partial charge in [0.15, 0.2) is 0 Å². The van der Waals surface area contributed by atoms with E-state index in [1.54, 1.807) is 0 Å². The lowest BCUT2D eigenvalue weighted by Gasteiger charge is -2.17. The molecule has 0 unspecified atom stereocenters. The zero-order chi connectivity index (χ0) is 10.5. The van der Waals surface area contributed by atoms with Crippen molar-refractivity contribution in [2.24, 2.45) is 0 Å². The number of fused-ring (bicyclic) bond motifs is 1. The van der Waals surface area contributed by atoms with Crippen LogP contribution in [0.5, 0.6) is 0 Å². The number of hydrogen-bond donors (Lipinski definition) is 2. The molecular formula is C13H20N2. The van der Waals surface area contributed by atoms with Crippen LogP contribution in [0.4, 0.5) is 0 Å². The van der Waals surface area contributed by atoms with E-state index in [-0.39, 0.29) is 0 Å². The first-order valence-electron chi connectivity index (χ1n) is 5.92. The molecule has 1 aliphatic heterocycles. The Morgan fingerprint density at radius 1 is 1.33 bits per heavy atom. The summed E-state index contributed by atoms with van der Waals surface area (Å²) in [6.07, 6.45) is 2.32. The molecule has 0 aromatic heterocycles. The van der Waals surface area contributed by atoms with Crippen LogP contribution in [0.25, 0.3) is 0 Å². The second kappa shape index (κ2) is 5.29. The maximum Gasteiger partial charge on any atom is 0.0208 e. The van der Waals surface area contributed by atoms with Gasteiger partial charge in [0.05, 0.1) is 0 Å². The largest absolute Gasteiger partial charge is 0.317 e. The number of rotatable bonds is 4. The van der Waals surface area contributed by atoms with Crippen molar-refractivity contribution in [2.75, 3.05) is 19.6 Å². The van der Waals surface area contributed by atoms with Gasteiger partial charge in [-0.2, -0.15) is 0 Å². The van der Waals surface area contributed by atoms with Crippen LogP contribution in [0.15, 0.2) is 18.2 Å². The van der Waals surface area contributed by atoms with E-state index in [9.17, 15) is 0 Å². The van der Waals surface area contributed by atoms with Crippen LogP contribution in [-0.4, -0.2) is 19.6 Å². The summed E-state index contributed by atoms with van der Waals surface area (Å²) >= 11 is 0. The van der Waals surface area contributed by atoms with Gasteiger partial charge >= 0.3 is 0 Å². The third kappa shape index (κ3) is 2.80. The van der Waals surface area contributed by atoms with Crippen LogP contribution in [0.2, 0.25) is 0 Å². The second-order valence-corrected chi connectivity index (χ2v) is 4.13. The number of benzene rings is 1. The molecule has 82 valence electrons. The monoisotopic (exact) mass is 204 g/mol. The minimum Gasteiger partial charge on any atom is -0.317 e. The smallest absolute Gasteiger partial charge is 0.0208 e. The van der Waals surface area contributed by atoms with E-state index in [1.807, 2.05) is 0 Å². The fraction of sp³-hybridized carbons (Fsp3) is 0.538. The number of hydrogen-bond acceptors (Lipinski definition) is 2. The first-order chi connectivity index (χ1) is 7.40. The Balaban J connectivity index is 2.00. The molecule has 1 aromatic rings. The summed E-state index contributed by atoms with van der Waals surface area (Å²) in [5, 5.41) is 6.78. The minimum absolute atomic E-state index is 1.05. The quantitative estimate of drug-likeness (QED) is 0.726. The van der Waals surface area contributed by atoms with Gasteiger partial charge in [-0.1, -0.05) is 25.1 Å². The van der Waals surface area contributed by atoms with Crippen molar-refractivity contribution in [1.29, 1.82) is 0 Å². The summed E-state index contributed by atoms with van der Waals surface area (Å²) in [6, 6.07) is 6.94. The molecule has 0 fully saturated rings. The lowest BCUT2D eigenvalue weighted by Crippen LogP contribution is -2.24. The summed E-state index contributed by atoms with van der Waals surface area (Å²) < 4.78 is 0. The Hall–Kier alpha value is -0.860. The van der Waals surface area contributed by atoms with Crippen molar-refractivity contribution in [1.82, 2.24) is 10.6 Å². The van der Waals surface area contributed by atoms with Crippen LogP contribution < -0.4 is 10.6 Å². The highest BCUT2D eigenvalue weighted by molar-refractivity contribution is 5.33. The maximum atomic E-state index is 3.42. The standard InChI is InChI=1S/C13H20N2/c1-2-14-7-5-11-3-4-12-6-8-15-10-13(12)9-11/h3-4,9,14-15H,2,5-8,10H2,1H3. The molecule has 1 heterocycles. The Morgan fingerprint density at radius 2 is 2.27 bits per heavy atom. The van der Waals surface area contributed by atoms with E-state index in [4.69, 9.17) is 0 Å². The highest BCUT2D eigenvalue weighted by Gasteiger charge is 2.08. The van der Waals surface area contributed by atoms with E-state index >= 15 is 0 Å². The second-order valence-electron chi connectivity index (χ2n) is 4.13. The van der Waals surface area contributed by atoms with Crippen molar-refractivity contribution in [3.63, 3.8) is 0 Å². The average Bonchev–Trinajstić information content (AvgIpc) is 2.29. The van der Waals surface area contributed by atoms with Gasteiger partial charge in [0.2, 0.25) is 0 Å². The van der Waals surface area contributed by atoms with E-state index in [1.165, 1.54) is 23.1 Å². The molecule has 1 aromatic carbocycles. The summed E-state index contributed by atoms with van der Waals surface area (Å²) in [7, 11) is 0. The molecule has 0 aliphatic carbocycles. The topological polar surface area (TPSA) is 24.1 Å². The van der Waals surface area contributed by atoms with Gasteiger partial charge in [0, 0.05) is 6.54 Å². The van der Waals surface area contributed by atoms with Crippen LogP contribution >= 0.6 is 0 Å². The molecule has 2 N–H and O–H groups in total. The summed E-state index contributed by atoms with van der Waals surface area (Å²) in [5.74, 6) is 0. The van der Waals surface area contributed by atoms with E-state index in [0.717, 1.165) is 32.6 Å². The third-order valence-electron chi connectivity index (χ3n) is 3.00. The van der Waals surface area contributed by atoms with Crippen LogP contribution in [0.1, 0.15) is 23.6 Å². The molecule has 0 radical (unpaired) electrons. The zero-order valence-corrected chi connectivity index (χ0v) is 9.47. The van der Waals surface area contributed by atoms with Gasteiger partial charge in [-0.15, -0.1) is 0 Å². The highest BCUT2D eigenvalue weighted by Crippen LogP contribution is 2.15. The molecule has 0 spiro atoms. The third-order valence-corrected chi connectivity index (χ3v) is 3.00. The minimum atomic E-state index is 1.05. The van der Waals surface area contributed by atoms with Gasteiger partial charge in [-0.05, 0) is 49.2 Å². The first-order valence-corrected chi connectivity index (χ1v) is 5.92. The van der Waals surface area contributed by atoms with Crippen molar-refractivity contribution in [3.05, 3.63) is 34.9 Å². The van der Waals surface area contributed by atoms with Gasteiger partial charge in [0.25, 0.3) is 0 Å².